The largest absolute Gasteiger partial charge is 0.254 e. The van der Waals surface area contributed by atoms with Crippen molar-refractivity contribution in [3.63, 3.8) is 0 Å². The maximum absolute atomic E-state index is 14.4. The van der Waals surface area contributed by atoms with E-state index in [2.05, 4.69) is 15.9 Å². The van der Waals surface area contributed by atoms with Crippen LogP contribution < -0.4 is 5.01 Å². The second kappa shape index (κ2) is 7.22. The minimum absolute atomic E-state index is 0.0807. The molecular formula is C21H15BrClFN2. The third-order valence-electron chi connectivity index (χ3n) is 4.44. The molecule has 0 radical (unpaired) electrons. The molecule has 2 nitrogen and oxygen atoms in total. The molecule has 0 bridgehead atoms. The lowest BCUT2D eigenvalue weighted by Gasteiger charge is -2.24. The summed E-state index contributed by atoms with van der Waals surface area (Å²) in [6.45, 7) is 0. The molecule has 0 spiro atoms. The van der Waals surface area contributed by atoms with Crippen LogP contribution in [0.3, 0.4) is 0 Å². The molecule has 0 amide bonds. The summed E-state index contributed by atoms with van der Waals surface area (Å²) in [5.74, 6) is -0.285. The molecule has 0 aliphatic carbocycles. The molecule has 3 aromatic rings. The monoisotopic (exact) mass is 428 g/mol. The quantitative estimate of drug-likeness (QED) is 0.458. The molecule has 0 saturated heterocycles. The van der Waals surface area contributed by atoms with E-state index in [0.717, 1.165) is 21.3 Å². The molecular weight excluding hydrogens is 415 g/mol. The topological polar surface area (TPSA) is 15.6 Å². The molecule has 3 aromatic carbocycles. The van der Waals surface area contributed by atoms with Crippen molar-refractivity contribution in [3.8, 4) is 0 Å². The second-order valence-corrected chi connectivity index (χ2v) is 7.47. The van der Waals surface area contributed by atoms with E-state index >= 15 is 0 Å². The first-order valence-electron chi connectivity index (χ1n) is 8.24. The number of benzene rings is 3. The minimum atomic E-state index is -0.285. The van der Waals surface area contributed by atoms with Crippen LogP contribution in [0.25, 0.3) is 0 Å². The van der Waals surface area contributed by atoms with Gasteiger partial charge in [-0.25, -0.2) is 4.39 Å². The van der Waals surface area contributed by atoms with Crippen LogP contribution in [0.2, 0.25) is 5.02 Å². The van der Waals surface area contributed by atoms with Gasteiger partial charge in [0.1, 0.15) is 5.82 Å². The van der Waals surface area contributed by atoms with Crippen LogP contribution in [0.15, 0.2) is 82.4 Å². The standard InChI is InChI=1S/C21H15BrClFN2/c22-16-9-5-14(6-10-16)19-13-21(15-7-11-17(23)12-8-15)26(25-19)20-4-2-1-3-18(20)24/h1-12,21H,13H2. The highest BCUT2D eigenvalue weighted by Crippen LogP contribution is 2.38. The molecule has 0 fully saturated rings. The number of hydrogen-bond acceptors (Lipinski definition) is 2. The number of hydrazone groups is 1. The van der Waals surface area contributed by atoms with Gasteiger partial charge in [0, 0.05) is 15.9 Å². The van der Waals surface area contributed by atoms with Crippen LogP contribution >= 0.6 is 27.5 Å². The lowest BCUT2D eigenvalue weighted by Crippen LogP contribution is -2.19. The van der Waals surface area contributed by atoms with Gasteiger partial charge in [-0.1, -0.05) is 63.9 Å². The van der Waals surface area contributed by atoms with E-state index in [1.807, 2.05) is 54.6 Å². The molecule has 1 aliphatic rings. The molecule has 0 saturated carbocycles. The summed E-state index contributed by atoms with van der Waals surface area (Å²) < 4.78 is 15.5. The predicted octanol–water partition coefficient (Wildman–Crippen LogP) is 6.60. The summed E-state index contributed by atoms with van der Waals surface area (Å²) in [5, 5.41) is 7.21. The summed E-state index contributed by atoms with van der Waals surface area (Å²) in [6.07, 6.45) is 0.692. The van der Waals surface area contributed by atoms with Crippen LogP contribution in [-0.4, -0.2) is 5.71 Å². The van der Waals surface area contributed by atoms with Crippen LogP contribution in [0.4, 0.5) is 10.1 Å². The van der Waals surface area contributed by atoms with Gasteiger partial charge in [-0.15, -0.1) is 0 Å². The Bertz CT molecular complexity index is 955. The van der Waals surface area contributed by atoms with Crippen LogP contribution in [0, 0.1) is 5.82 Å². The van der Waals surface area contributed by atoms with Gasteiger partial charge in [-0.05, 0) is 47.5 Å². The average Bonchev–Trinajstić information content (AvgIpc) is 3.08. The van der Waals surface area contributed by atoms with E-state index in [1.54, 1.807) is 17.1 Å². The first kappa shape index (κ1) is 17.3. The van der Waals surface area contributed by atoms with Crippen molar-refractivity contribution < 1.29 is 4.39 Å². The molecule has 0 aromatic heterocycles. The van der Waals surface area contributed by atoms with E-state index in [1.165, 1.54) is 6.07 Å². The number of para-hydroxylation sites is 1. The van der Waals surface area contributed by atoms with Gasteiger partial charge >= 0.3 is 0 Å². The third kappa shape index (κ3) is 3.39. The summed E-state index contributed by atoms with van der Waals surface area (Å²) in [7, 11) is 0. The highest BCUT2D eigenvalue weighted by atomic mass is 79.9. The van der Waals surface area contributed by atoms with Gasteiger partial charge in [0.15, 0.2) is 0 Å². The van der Waals surface area contributed by atoms with Crippen LogP contribution in [0.1, 0.15) is 23.6 Å². The zero-order chi connectivity index (χ0) is 18.1. The Morgan fingerprint density at radius 1 is 0.962 bits per heavy atom. The summed E-state index contributed by atoms with van der Waals surface area (Å²) in [6, 6.07) is 22.3. The lowest BCUT2D eigenvalue weighted by molar-refractivity contribution is 0.606. The Balaban J connectivity index is 1.77. The Morgan fingerprint density at radius 3 is 2.35 bits per heavy atom. The molecule has 5 heteroatoms. The molecule has 1 aliphatic heterocycles. The van der Waals surface area contributed by atoms with Crippen LogP contribution in [-0.2, 0) is 0 Å². The van der Waals surface area contributed by atoms with E-state index in [-0.39, 0.29) is 11.9 Å². The fourth-order valence-corrected chi connectivity index (χ4v) is 3.52. The molecule has 4 rings (SSSR count). The summed E-state index contributed by atoms with van der Waals surface area (Å²) >= 11 is 9.48. The van der Waals surface area contributed by atoms with Crippen molar-refractivity contribution in [2.45, 2.75) is 12.5 Å². The number of anilines is 1. The van der Waals surface area contributed by atoms with Crippen LogP contribution in [0.5, 0.6) is 0 Å². The SMILES string of the molecule is Fc1ccccc1N1N=C(c2ccc(Br)cc2)CC1c1ccc(Cl)cc1. The Kier molecular flexibility index (Phi) is 4.79. The summed E-state index contributed by atoms with van der Waals surface area (Å²) in [4.78, 5) is 0. The maximum atomic E-state index is 14.4. The van der Waals surface area contributed by atoms with Crippen molar-refractivity contribution in [2.24, 2.45) is 5.10 Å². The number of halogens is 3. The fraction of sp³-hybridized carbons (Fsp3) is 0.0952. The normalized spacial score (nSPS) is 16.7. The third-order valence-corrected chi connectivity index (χ3v) is 5.22. The molecule has 1 unspecified atom stereocenters. The second-order valence-electron chi connectivity index (χ2n) is 6.12. The lowest BCUT2D eigenvalue weighted by atomic mass is 9.98. The van der Waals surface area contributed by atoms with Crippen molar-refractivity contribution >= 4 is 38.9 Å². The molecule has 26 heavy (non-hydrogen) atoms. The van der Waals surface area contributed by atoms with E-state index in [9.17, 15) is 4.39 Å². The van der Waals surface area contributed by atoms with Gasteiger partial charge in [0.25, 0.3) is 0 Å². The average molecular weight is 430 g/mol. The van der Waals surface area contributed by atoms with E-state index in [0.29, 0.717) is 17.1 Å². The van der Waals surface area contributed by atoms with Crippen molar-refractivity contribution in [2.75, 3.05) is 5.01 Å². The summed E-state index contributed by atoms with van der Waals surface area (Å²) in [5.41, 5.74) is 3.49. The zero-order valence-electron chi connectivity index (χ0n) is 13.7. The first-order valence-corrected chi connectivity index (χ1v) is 9.41. The minimum Gasteiger partial charge on any atom is -0.254 e. The van der Waals surface area contributed by atoms with Gasteiger partial charge in [-0.2, -0.15) is 5.10 Å². The smallest absolute Gasteiger partial charge is 0.148 e. The molecule has 130 valence electrons. The van der Waals surface area contributed by atoms with Gasteiger partial charge in [-0.3, -0.25) is 5.01 Å². The highest BCUT2D eigenvalue weighted by molar-refractivity contribution is 9.10. The van der Waals surface area contributed by atoms with Crippen molar-refractivity contribution in [1.82, 2.24) is 0 Å². The molecule has 0 N–H and O–H groups in total. The van der Waals surface area contributed by atoms with Gasteiger partial charge in [0.05, 0.1) is 17.4 Å². The van der Waals surface area contributed by atoms with Crippen molar-refractivity contribution in [1.29, 1.82) is 0 Å². The zero-order valence-corrected chi connectivity index (χ0v) is 16.1. The van der Waals surface area contributed by atoms with Crippen molar-refractivity contribution in [3.05, 3.63) is 99.2 Å². The number of nitrogens with zero attached hydrogens (tertiary/aromatic N) is 2. The van der Waals surface area contributed by atoms with Gasteiger partial charge < -0.3 is 0 Å². The predicted molar refractivity (Wildman–Crippen MR) is 108 cm³/mol. The molecule has 1 heterocycles. The van der Waals surface area contributed by atoms with E-state index in [4.69, 9.17) is 16.7 Å². The number of rotatable bonds is 3. The van der Waals surface area contributed by atoms with Gasteiger partial charge in [0.2, 0.25) is 0 Å². The highest BCUT2D eigenvalue weighted by Gasteiger charge is 2.31. The Hall–Kier alpha value is -2.17. The Morgan fingerprint density at radius 2 is 1.65 bits per heavy atom. The Labute approximate surface area is 165 Å². The fourth-order valence-electron chi connectivity index (χ4n) is 3.13. The number of hydrogen-bond donors (Lipinski definition) is 0. The molecule has 1 atom stereocenters. The maximum Gasteiger partial charge on any atom is 0.148 e. The first-order chi connectivity index (χ1) is 12.6. The van der Waals surface area contributed by atoms with E-state index < -0.39 is 0 Å².